The van der Waals surface area contributed by atoms with Crippen molar-refractivity contribution in [3.63, 3.8) is 0 Å². The summed E-state index contributed by atoms with van der Waals surface area (Å²) in [4.78, 5) is 0. The highest BCUT2D eigenvalue weighted by atomic mass is 14.4. The van der Waals surface area contributed by atoms with Gasteiger partial charge in [-0.2, -0.15) is 0 Å². The van der Waals surface area contributed by atoms with Gasteiger partial charge in [0.05, 0.1) is 0 Å². The first kappa shape index (κ1) is 17.1. The molecule has 0 aromatic heterocycles. The number of benzene rings is 3. The summed E-state index contributed by atoms with van der Waals surface area (Å²) in [7, 11) is 0. The fourth-order valence-corrected chi connectivity index (χ4v) is 4.95. The molecule has 0 fully saturated rings. The molecular weight excluding hydrogens is 312 g/mol. The van der Waals surface area contributed by atoms with Crippen molar-refractivity contribution in [2.45, 2.75) is 52.4 Å². The van der Waals surface area contributed by atoms with Gasteiger partial charge in [0.2, 0.25) is 0 Å². The lowest BCUT2D eigenvalue weighted by Gasteiger charge is -2.31. The van der Waals surface area contributed by atoms with Gasteiger partial charge in [-0.1, -0.05) is 82.3 Å². The molecule has 0 heteroatoms. The van der Waals surface area contributed by atoms with Gasteiger partial charge in [0.15, 0.2) is 0 Å². The Morgan fingerprint density at radius 2 is 1.31 bits per heavy atom. The van der Waals surface area contributed by atoms with Crippen LogP contribution in [-0.2, 0) is 10.8 Å². The van der Waals surface area contributed by atoms with Crippen LogP contribution >= 0.6 is 0 Å². The molecule has 0 amide bonds. The summed E-state index contributed by atoms with van der Waals surface area (Å²) in [5.74, 6) is 0. The predicted molar refractivity (Wildman–Crippen MR) is 112 cm³/mol. The zero-order valence-electron chi connectivity index (χ0n) is 16.8. The molecule has 0 heterocycles. The van der Waals surface area contributed by atoms with Crippen LogP contribution in [0.5, 0.6) is 0 Å². The number of hydrogen-bond donors (Lipinski definition) is 0. The van der Waals surface area contributed by atoms with Crippen LogP contribution in [0.25, 0.3) is 11.1 Å². The summed E-state index contributed by atoms with van der Waals surface area (Å²) in [6.45, 7) is 13.9. The standard InChI is InChI=1S/C26H28/c1-17-11-7-9-13-21(17)25(3,4)23-16-20-19-12-8-10-14-22(19)26(5,6)24(20)15-18(23)2/h7-16H,1-6H3. The monoisotopic (exact) mass is 340 g/mol. The van der Waals surface area contributed by atoms with Crippen LogP contribution in [0.1, 0.15) is 61.1 Å². The van der Waals surface area contributed by atoms with Crippen LogP contribution in [-0.4, -0.2) is 0 Å². The fraction of sp³-hybridized carbons (Fsp3) is 0.308. The second-order valence-corrected chi connectivity index (χ2v) is 8.82. The smallest absolute Gasteiger partial charge is 0.0158 e. The van der Waals surface area contributed by atoms with Crippen LogP contribution in [0.4, 0.5) is 0 Å². The van der Waals surface area contributed by atoms with Crippen LogP contribution in [0.3, 0.4) is 0 Å². The first-order valence-electron chi connectivity index (χ1n) is 9.56. The number of aryl methyl sites for hydroxylation is 2. The van der Waals surface area contributed by atoms with E-state index in [1.54, 1.807) is 0 Å². The minimum Gasteiger partial charge on any atom is -0.0620 e. The molecule has 0 aliphatic heterocycles. The lowest BCUT2D eigenvalue weighted by Crippen LogP contribution is -2.22. The molecule has 0 nitrogen and oxygen atoms in total. The van der Waals surface area contributed by atoms with E-state index in [2.05, 4.69) is 102 Å². The van der Waals surface area contributed by atoms with E-state index in [0.717, 1.165) is 0 Å². The first-order chi connectivity index (χ1) is 12.2. The van der Waals surface area contributed by atoms with E-state index < -0.39 is 0 Å². The first-order valence-corrected chi connectivity index (χ1v) is 9.56. The maximum Gasteiger partial charge on any atom is 0.0158 e. The Balaban J connectivity index is 1.97. The highest BCUT2D eigenvalue weighted by molar-refractivity contribution is 5.82. The molecular formula is C26H28. The molecule has 3 aromatic rings. The molecule has 0 saturated carbocycles. The van der Waals surface area contributed by atoms with Crippen molar-refractivity contribution in [3.8, 4) is 11.1 Å². The van der Waals surface area contributed by atoms with Crippen LogP contribution in [0, 0.1) is 13.8 Å². The minimum absolute atomic E-state index is 0.0217. The summed E-state index contributed by atoms with van der Waals surface area (Å²) in [6.07, 6.45) is 0. The van der Waals surface area contributed by atoms with Gasteiger partial charge in [-0.25, -0.2) is 0 Å². The predicted octanol–water partition coefficient (Wildman–Crippen LogP) is 6.94. The molecule has 0 atom stereocenters. The molecule has 1 aliphatic rings. The minimum atomic E-state index is -0.0217. The Morgan fingerprint density at radius 3 is 2.04 bits per heavy atom. The second-order valence-electron chi connectivity index (χ2n) is 8.82. The molecule has 0 saturated heterocycles. The maximum absolute atomic E-state index is 2.46. The number of hydrogen-bond acceptors (Lipinski definition) is 0. The molecule has 1 aliphatic carbocycles. The molecule has 0 bridgehead atoms. The van der Waals surface area contributed by atoms with Crippen molar-refractivity contribution in [2.75, 3.05) is 0 Å². The maximum atomic E-state index is 2.46. The topological polar surface area (TPSA) is 0 Å². The highest BCUT2D eigenvalue weighted by Gasteiger charge is 2.37. The van der Waals surface area contributed by atoms with Gasteiger partial charge in [-0.3, -0.25) is 0 Å². The summed E-state index contributed by atoms with van der Waals surface area (Å²) in [5, 5.41) is 0. The van der Waals surface area contributed by atoms with Crippen molar-refractivity contribution in [2.24, 2.45) is 0 Å². The molecule has 3 aromatic carbocycles. The Labute approximate surface area is 157 Å². The van der Waals surface area contributed by atoms with Crippen LogP contribution < -0.4 is 0 Å². The molecule has 0 radical (unpaired) electrons. The molecule has 132 valence electrons. The second kappa shape index (κ2) is 5.58. The number of fused-ring (bicyclic) bond motifs is 3. The van der Waals surface area contributed by atoms with E-state index in [1.807, 2.05) is 0 Å². The van der Waals surface area contributed by atoms with E-state index in [0.29, 0.717) is 0 Å². The van der Waals surface area contributed by atoms with Crippen LogP contribution in [0.15, 0.2) is 60.7 Å². The SMILES string of the molecule is Cc1ccccc1C(C)(C)c1cc2c(cc1C)C(C)(C)c1ccccc1-2. The van der Waals surface area contributed by atoms with Gasteiger partial charge < -0.3 is 0 Å². The highest BCUT2D eigenvalue weighted by Crippen LogP contribution is 2.50. The van der Waals surface area contributed by atoms with Crippen molar-refractivity contribution in [1.82, 2.24) is 0 Å². The molecule has 0 unspecified atom stereocenters. The average molecular weight is 341 g/mol. The largest absolute Gasteiger partial charge is 0.0620 e. The summed E-state index contributed by atoms with van der Waals surface area (Å²) in [6, 6.07) is 22.6. The van der Waals surface area contributed by atoms with E-state index in [-0.39, 0.29) is 10.8 Å². The summed E-state index contributed by atoms with van der Waals surface area (Å²) < 4.78 is 0. The van der Waals surface area contributed by atoms with Gasteiger partial charge in [0, 0.05) is 10.8 Å². The van der Waals surface area contributed by atoms with Crippen molar-refractivity contribution in [3.05, 3.63) is 94.0 Å². The van der Waals surface area contributed by atoms with E-state index in [1.165, 1.54) is 44.5 Å². The van der Waals surface area contributed by atoms with Gasteiger partial charge in [0.1, 0.15) is 0 Å². The van der Waals surface area contributed by atoms with Gasteiger partial charge in [-0.05, 0) is 64.4 Å². The van der Waals surface area contributed by atoms with Gasteiger partial charge in [-0.15, -0.1) is 0 Å². The van der Waals surface area contributed by atoms with Crippen LogP contribution in [0.2, 0.25) is 0 Å². The molecule has 0 spiro atoms. The lowest BCUT2D eigenvalue weighted by molar-refractivity contribution is 0.627. The van der Waals surface area contributed by atoms with E-state index in [9.17, 15) is 0 Å². The summed E-state index contributed by atoms with van der Waals surface area (Å²) in [5.41, 5.74) is 11.3. The molecule has 4 rings (SSSR count). The van der Waals surface area contributed by atoms with Crippen molar-refractivity contribution in [1.29, 1.82) is 0 Å². The normalized spacial score (nSPS) is 14.8. The zero-order valence-corrected chi connectivity index (χ0v) is 16.8. The molecule has 0 N–H and O–H groups in total. The third kappa shape index (κ3) is 2.28. The lowest BCUT2D eigenvalue weighted by atomic mass is 9.73. The fourth-order valence-electron chi connectivity index (χ4n) is 4.95. The van der Waals surface area contributed by atoms with Gasteiger partial charge in [0.25, 0.3) is 0 Å². The Kier molecular flexibility index (Phi) is 3.67. The Morgan fingerprint density at radius 1 is 0.654 bits per heavy atom. The Hall–Kier alpha value is -2.34. The van der Waals surface area contributed by atoms with Crippen molar-refractivity contribution < 1.29 is 0 Å². The third-order valence-electron chi connectivity index (χ3n) is 6.42. The third-order valence-corrected chi connectivity index (χ3v) is 6.42. The molecule has 26 heavy (non-hydrogen) atoms. The van der Waals surface area contributed by atoms with Crippen molar-refractivity contribution >= 4 is 0 Å². The average Bonchev–Trinajstić information content (AvgIpc) is 2.82. The number of rotatable bonds is 2. The van der Waals surface area contributed by atoms with E-state index in [4.69, 9.17) is 0 Å². The Bertz CT molecular complexity index is 1000. The quantitative estimate of drug-likeness (QED) is 0.474. The zero-order chi connectivity index (χ0) is 18.7. The van der Waals surface area contributed by atoms with E-state index >= 15 is 0 Å². The summed E-state index contributed by atoms with van der Waals surface area (Å²) >= 11 is 0. The van der Waals surface area contributed by atoms with Gasteiger partial charge >= 0.3 is 0 Å².